The predicted molar refractivity (Wildman–Crippen MR) is 104 cm³/mol. The molecule has 2 N–H and O–H groups in total. The van der Waals surface area contributed by atoms with E-state index < -0.39 is 0 Å². The van der Waals surface area contributed by atoms with E-state index in [2.05, 4.69) is 25.1 Å². The van der Waals surface area contributed by atoms with Crippen molar-refractivity contribution >= 4 is 5.91 Å². The van der Waals surface area contributed by atoms with Gasteiger partial charge in [-0.25, -0.2) is 9.97 Å². The van der Waals surface area contributed by atoms with Crippen LogP contribution >= 0.6 is 0 Å². The molecule has 28 heavy (non-hydrogen) atoms. The summed E-state index contributed by atoms with van der Waals surface area (Å²) >= 11 is 0. The second-order valence-electron chi connectivity index (χ2n) is 7.16. The Labute approximate surface area is 163 Å². The number of imidazole rings is 1. The van der Waals surface area contributed by atoms with Gasteiger partial charge in [0.25, 0.3) is 5.91 Å². The van der Waals surface area contributed by atoms with Crippen LogP contribution in [0.2, 0.25) is 0 Å². The van der Waals surface area contributed by atoms with Crippen molar-refractivity contribution in [3.05, 3.63) is 47.3 Å². The van der Waals surface area contributed by atoms with E-state index >= 15 is 0 Å². The molecule has 1 unspecified atom stereocenters. The Kier molecular flexibility index (Phi) is 4.85. The van der Waals surface area contributed by atoms with Crippen molar-refractivity contribution in [1.29, 1.82) is 0 Å². The van der Waals surface area contributed by atoms with Crippen LogP contribution in [0.1, 0.15) is 46.6 Å². The number of methoxy groups -OCH3 is 1. The quantitative estimate of drug-likeness (QED) is 0.725. The molecule has 1 aromatic carbocycles. The lowest BCUT2D eigenvalue weighted by atomic mass is 9.97. The minimum Gasteiger partial charge on any atom is -0.497 e. The highest BCUT2D eigenvalue weighted by Crippen LogP contribution is 2.27. The Bertz CT molecular complexity index is 992. The maximum atomic E-state index is 13.1. The van der Waals surface area contributed by atoms with Crippen LogP contribution in [-0.4, -0.2) is 56.2 Å². The first-order valence-corrected chi connectivity index (χ1v) is 9.44. The summed E-state index contributed by atoms with van der Waals surface area (Å²) in [6, 6.07) is 7.62. The summed E-state index contributed by atoms with van der Waals surface area (Å²) in [7, 11) is 1.63. The molecule has 3 heterocycles. The van der Waals surface area contributed by atoms with E-state index in [1.54, 1.807) is 7.11 Å². The zero-order valence-corrected chi connectivity index (χ0v) is 16.3. The number of H-pyrrole nitrogens is 2. The first kappa shape index (κ1) is 18.2. The SMILES string of the molecule is COc1cccc(-c2nc(C(=O)N3CCCC(c4n[nH]c(C)n4)C3)c(C)[nH]2)c1. The fourth-order valence-corrected chi connectivity index (χ4v) is 3.64. The van der Waals surface area contributed by atoms with E-state index in [1.807, 2.05) is 43.0 Å². The minimum atomic E-state index is -0.0557. The maximum absolute atomic E-state index is 13.1. The summed E-state index contributed by atoms with van der Waals surface area (Å²) in [6.45, 7) is 5.09. The van der Waals surface area contributed by atoms with E-state index in [1.165, 1.54) is 0 Å². The number of benzene rings is 1. The molecule has 1 amide bonds. The molecule has 1 aliphatic heterocycles. The zero-order chi connectivity index (χ0) is 19.7. The highest BCUT2D eigenvalue weighted by Gasteiger charge is 2.29. The number of likely N-dealkylation sites (tertiary alicyclic amines) is 1. The topological polar surface area (TPSA) is 99.8 Å². The highest BCUT2D eigenvalue weighted by atomic mass is 16.5. The third-order valence-electron chi connectivity index (χ3n) is 5.12. The first-order valence-electron chi connectivity index (χ1n) is 9.44. The van der Waals surface area contributed by atoms with Gasteiger partial charge in [-0.3, -0.25) is 9.89 Å². The van der Waals surface area contributed by atoms with E-state index in [0.717, 1.165) is 48.0 Å². The Hall–Kier alpha value is -3.16. The van der Waals surface area contributed by atoms with E-state index in [-0.39, 0.29) is 11.8 Å². The normalized spacial score (nSPS) is 17.0. The van der Waals surface area contributed by atoms with Crippen molar-refractivity contribution in [3.8, 4) is 17.1 Å². The van der Waals surface area contributed by atoms with Gasteiger partial charge in [0, 0.05) is 30.3 Å². The van der Waals surface area contributed by atoms with Crippen LogP contribution in [0.25, 0.3) is 11.4 Å². The zero-order valence-electron chi connectivity index (χ0n) is 16.3. The number of aryl methyl sites for hydroxylation is 2. The molecule has 0 spiro atoms. The second kappa shape index (κ2) is 7.46. The summed E-state index contributed by atoms with van der Waals surface area (Å²) in [5, 5.41) is 7.17. The lowest BCUT2D eigenvalue weighted by Gasteiger charge is -2.31. The molecule has 4 rings (SSSR count). The summed E-state index contributed by atoms with van der Waals surface area (Å²) in [4.78, 5) is 27.3. The summed E-state index contributed by atoms with van der Waals surface area (Å²) in [6.07, 6.45) is 1.91. The number of aromatic amines is 2. The minimum absolute atomic E-state index is 0.0557. The average Bonchev–Trinajstić information content (AvgIpc) is 3.33. The molecule has 3 aromatic rings. The Morgan fingerprint density at radius 3 is 2.89 bits per heavy atom. The van der Waals surface area contributed by atoms with Crippen molar-refractivity contribution in [2.45, 2.75) is 32.6 Å². The lowest BCUT2D eigenvalue weighted by Crippen LogP contribution is -2.39. The van der Waals surface area contributed by atoms with E-state index in [4.69, 9.17) is 4.74 Å². The maximum Gasteiger partial charge on any atom is 0.274 e. The lowest BCUT2D eigenvalue weighted by molar-refractivity contribution is 0.0698. The second-order valence-corrected chi connectivity index (χ2v) is 7.16. The first-order chi connectivity index (χ1) is 13.5. The molecule has 146 valence electrons. The average molecular weight is 380 g/mol. The number of aromatic nitrogens is 5. The van der Waals surface area contributed by atoms with Crippen LogP contribution in [0.3, 0.4) is 0 Å². The van der Waals surface area contributed by atoms with Gasteiger partial charge in [0.1, 0.15) is 23.1 Å². The molecule has 1 saturated heterocycles. The van der Waals surface area contributed by atoms with Gasteiger partial charge in [0.15, 0.2) is 5.82 Å². The van der Waals surface area contributed by atoms with Crippen LogP contribution in [-0.2, 0) is 0 Å². The number of amides is 1. The summed E-state index contributed by atoms with van der Waals surface area (Å²) < 4.78 is 5.28. The van der Waals surface area contributed by atoms with Crippen LogP contribution in [0.5, 0.6) is 5.75 Å². The fourth-order valence-electron chi connectivity index (χ4n) is 3.64. The molecule has 2 aromatic heterocycles. The molecule has 0 aliphatic carbocycles. The standard InChI is InChI=1S/C20H24N6O2/c1-12-17(23-18(21-12)14-6-4-8-16(10-14)28-3)20(27)26-9-5-7-15(11-26)19-22-13(2)24-25-19/h4,6,8,10,15H,5,7,9,11H2,1-3H3,(H,21,23)(H,22,24,25). The van der Waals surface area contributed by atoms with Crippen LogP contribution in [0.4, 0.5) is 0 Å². The van der Waals surface area contributed by atoms with Crippen LogP contribution in [0, 0.1) is 13.8 Å². The van der Waals surface area contributed by atoms with Gasteiger partial charge in [-0.05, 0) is 38.8 Å². The number of rotatable bonds is 4. The molecule has 8 nitrogen and oxygen atoms in total. The monoisotopic (exact) mass is 380 g/mol. The Morgan fingerprint density at radius 1 is 1.29 bits per heavy atom. The number of carbonyl (C=O) groups excluding carboxylic acids is 1. The van der Waals surface area contributed by atoms with Gasteiger partial charge in [-0.15, -0.1) is 0 Å². The Balaban J connectivity index is 1.55. The van der Waals surface area contributed by atoms with E-state index in [9.17, 15) is 4.79 Å². The summed E-state index contributed by atoms with van der Waals surface area (Å²) in [5.41, 5.74) is 2.11. The number of nitrogens with one attached hydrogen (secondary N) is 2. The summed E-state index contributed by atoms with van der Waals surface area (Å²) in [5.74, 6) is 3.09. The molecule has 0 saturated carbocycles. The number of hydrogen-bond donors (Lipinski definition) is 2. The van der Waals surface area contributed by atoms with Gasteiger partial charge >= 0.3 is 0 Å². The van der Waals surface area contributed by atoms with Gasteiger partial charge in [-0.2, -0.15) is 5.10 Å². The van der Waals surface area contributed by atoms with Crippen molar-refractivity contribution in [3.63, 3.8) is 0 Å². The predicted octanol–water partition coefficient (Wildman–Crippen LogP) is 2.84. The molecule has 8 heteroatoms. The molecule has 0 radical (unpaired) electrons. The van der Waals surface area contributed by atoms with Crippen LogP contribution in [0.15, 0.2) is 24.3 Å². The van der Waals surface area contributed by atoms with Crippen molar-refractivity contribution in [2.24, 2.45) is 0 Å². The van der Waals surface area contributed by atoms with Crippen molar-refractivity contribution in [1.82, 2.24) is 30.0 Å². The van der Waals surface area contributed by atoms with Gasteiger partial charge in [-0.1, -0.05) is 12.1 Å². The molecule has 1 aliphatic rings. The van der Waals surface area contributed by atoms with Crippen LogP contribution < -0.4 is 4.74 Å². The number of carbonyl (C=O) groups is 1. The van der Waals surface area contributed by atoms with Crippen molar-refractivity contribution < 1.29 is 9.53 Å². The van der Waals surface area contributed by atoms with Gasteiger partial charge in [0.05, 0.1) is 7.11 Å². The molecule has 0 bridgehead atoms. The highest BCUT2D eigenvalue weighted by molar-refractivity contribution is 5.94. The smallest absolute Gasteiger partial charge is 0.274 e. The van der Waals surface area contributed by atoms with Gasteiger partial charge < -0.3 is 14.6 Å². The number of piperidine rings is 1. The number of nitrogens with zero attached hydrogens (tertiary/aromatic N) is 4. The molecular weight excluding hydrogens is 356 g/mol. The number of hydrogen-bond acceptors (Lipinski definition) is 5. The largest absolute Gasteiger partial charge is 0.497 e. The fraction of sp³-hybridized carbons (Fsp3) is 0.400. The molecule has 1 atom stereocenters. The van der Waals surface area contributed by atoms with E-state index in [0.29, 0.717) is 18.1 Å². The van der Waals surface area contributed by atoms with Gasteiger partial charge in [0.2, 0.25) is 0 Å². The molecular formula is C20H24N6O2. The third kappa shape index (κ3) is 3.49. The third-order valence-corrected chi connectivity index (χ3v) is 5.12. The number of ether oxygens (including phenoxy) is 1. The Morgan fingerprint density at radius 2 is 2.14 bits per heavy atom. The molecule has 1 fully saturated rings. The van der Waals surface area contributed by atoms with Crippen molar-refractivity contribution in [2.75, 3.05) is 20.2 Å².